The van der Waals surface area contributed by atoms with Crippen molar-refractivity contribution in [1.29, 1.82) is 0 Å². The second-order valence-electron chi connectivity index (χ2n) is 4.07. The van der Waals surface area contributed by atoms with Gasteiger partial charge in [0.05, 0.1) is 21.4 Å². The van der Waals surface area contributed by atoms with Gasteiger partial charge in [-0.2, -0.15) is 0 Å². The number of hydrogen-bond donors (Lipinski definition) is 0. The van der Waals surface area contributed by atoms with E-state index in [4.69, 9.17) is 16.3 Å². The van der Waals surface area contributed by atoms with E-state index < -0.39 is 0 Å². The van der Waals surface area contributed by atoms with Gasteiger partial charge in [0, 0.05) is 13.1 Å². The van der Waals surface area contributed by atoms with E-state index in [1.807, 2.05) is 18.7 Å². The molecule has 1 amide bonds. The zero-order valence-electron chi connectivity index (χ0n) is 9.27. The first-order chi connectivity index (χ1) is 7.56. The van der Waals surface area contributed by atoms with Crippen LogP contribution in [0.3, 0.4) is 0 Å². The molecule has 1 saturated heterocycles. The van der Waals surface area contributed by atoms with Gasteiger partial charge in [-0.15, -0.1) is 11.3 Å². The van der Waals surface area contributed by atoms with Crippen molar-refractivity contribution in [2.45, 2.75) is 26.1 Å². The van der Waals surface area contributed by atoms with Gasteiger partial charge in [-0.1, -0.05) is 11.6 Å². The van der Waals surface area contributed by atoms with Gasteiger partial charge >= 0.3 is 0 Å². The molecule has 0 spiro atoms. The summed E-state index contributed by atoms with van der Waals surface area (Å²) in [6, 6.07) is 3.53. The maximum Gasteiger partial charge on any atom is 0.264 e. The molecule has 0 aromatic carbocycles. The van der Waals surface area contributed by atoms with E-state index in [2.05, 4.69) is 0 Å². The van der Waals surface area contributed by atoms with Crippen molar-refractivity contribution in [2.75, 3.05) is 13.1 Å². The minimum atomic E-state index is 0.0545. The summed E-state index contributed by atoms with van der Waals surface area (Å²) in [7, 11) is 0. The number of rotatable bonds is 1. The van der Waals surface area contributed by atoms with Crippen LogP contribution in [0.1, 0.15) is 23.5 Å². The van der Waals surface area contributed by atoms with Gasteiger partial charge in [-0.3, -0.25) is 4.79 Å². The summed E-state index contributed by atoms with van der Waals surface area (Å²) in [6.45, 7) is 5.27. The molecule has 88 valence electrons. The van der Waals surface area contributed by atoms with Crippen molar-refractivity contribution in [3.63, 3.8) is 0 Å². The molecule has 0 radical (unpaired) electrons. The van der Waals surface area contributed by atoms with Gasteiger partial charge in [0.1, 0.15) is 0 Å². The molecule has 0 saturated carbocycles. The molecule has 2 atom stereocenters. The van der Waals surface area contributed by atoms with E-state index >= 15 is 0 Å². The fourth-order valence-corrected chi connectivity index (χ4v) is 2.94. The predicted molar refractivity (Wildman–Crippen MR) is 65.2 cm³/mol. The summed E-state index contributed by atoms with van der Waals surface area (Å²) in [4.78, 5) is 14.7. The Hall–Kier alpha value is -0.580. The van der Waals surface area contributed by atoms with Gasteiger partial charge in [0.15, 0.2) is 0 Å². The Balaban J connectivity index is 2.09. The number of hydrogen-bond acceptors (Lipinski definition) is 3. The van der Waals surface area contributed by atoms with Gasteiger partial charge in [0.2, 0.25) is 0 Å². The minimum absolute atomic E-state index is 0.0545. The van der Waals surface area contributed by atoms with Crippen molar-refractivity contribution in [3.05, 3.63) is 21.3 Å². The molecule has 2 rings (SSSR count). The van der Waals surface area contributed by atoms with Crippen LogP contribution in [0.5, 0.6) is 0 Å². The molecule has 1 aliphatic heterocycles. The zero-order chi connectivity index (χ0) is 11.7. The zero-order valence-corrected chi connectivity index (χ0v) is 10.8. The average Bonchev–Trinajstić information content (AvgIpc) is 2.62. The normalized spacial score (nSPS) is 25.8. The average molecular weight is 260 g/mol. The maximum atomic E-state index is 12.1. The topological polar surface area (TPSA) is 29.5 Å². The highest BCUT2D eigenvalue weighted by atomic mass is 35.5. The van der Waals surface area contributed by atoms with Crippen LogP contribution in [-0.2, 0) is 4.74 Å². The second-order valence-corrected chi connectivity index (χ2v) is 5.79. The fourth-order valence-electron chi connectivity index (χ4n) is 1.93. The Kier molecular flexibility index (Phi) is 3.52. The lowest BCUT2D eigenvalue weighted by molar-refractivity contribution is -0.0585. The third kappa shape index (κ3) is 2.56. The van der Waals surface area contributed by atoms with E-state index in [9.17, 15) is 4.79 Å². The molecule has 1 aromatic rings. The lowest BCUT2D eigenvalue weighted by atomic mass is 10.2. The van der Waals surface area contributed by atoms with Gasteiger partial charge < -0.3 is 9.64 Å². The number of halogens is 1. The second kappa shape index (κ2) is 4.73. The number of carbonyl (C=O) groups is 1. The molecule has 1 aromatic heterocycles. The van der Waals surface area contributed by atoms with Crippen molar-refractivity contribution in [2.24, 2.45) is 0 Å². The molecule has 16 heavy (non-hydrogen) atoms. The van der Waals surface area contributed by atoms with Crippen molar-refractivity contribution in [3.8, 4) is 0 Å². The molecule has 0 N–H and O–H groups in total. The summed E-state index contributed by atoms with van der Waals surface area (Å²) in [5, 5.41) is 0. The van der Waals surface area contributed by atoms with Crippen LogP contribution in [0, 0.1) is 0 Å². The lowest BCUT2D eigenvalue weighted by Crippen LogP contribution is -2.48. The Morgan fingerprint density at radius 2 is 2.06 bits per heavy atom. The van der Waals surface area contributed by atoms with Crippen LogP contribution in [0.15, 0.2) is 12.1 Å². The van der Waals surface area contributed by atoms with Crippen molar-refractivity contribution >= 4 is 28.8 Å². The van der Waals surface area contributed by atoms with Crippen LogP contribution in [0.25, 0.3) is 0 Å². The summed E-state index contributed by atoms with van der Waals surface area (Å²) < 4.78 is 6.24. The number of amides is 1. The first kappa shape index (κ1) is 11.9. The van der Waals surface area contributed by atoms with Gasteiger partial charge in [-0.05, 0) is 26.0 Å². The van der Waals surface area contributed by atoms with Crippen LogP contribution in [0.2, 0.25) is 4.34 Å². The maximum absolute atomic E-state index is 12.1. The largest absolute Gasteiger partial charge is 0.372 e. The van der Waals surface area contributed by atoms with E-state index in [0.29, 0.717) is 22.3 Å². The Morgan fingerprint density at radius 1 is 1.44 bits per heavy atom. The lowest BCUT2D eigenvalue weighted by Gasteiger charge is -2.35. The smallest absolute Gasteiger partial charge is 0.264 e. The summed E-state index contributed by atoms with van der Waals surface area (Å²) in [6.07, 6.45) is 0.200. The van der Waals surface area contributed by atoms with E-state index in [0.717, 1.165) is 0 Å². The highest BCUT2D eigenvalue weighted by molar-refractivity contribution is 7.17. The molecule has 5 heteroatoms. The van der Waals surface area contributed by atoms with Gasteiger partial charge in [-0.25, -0.2) is 0 Å². The van der Waals surface area contributed by atoms with E-state index in [-0.39, 0.29) is 18.1 Å². The van der Waals surface area contributed by atoms with E-state index in [1.165, 1.54) is 11.3 Å². The molecule has 2 unspecified atom stereocenters. The molecular formula is C11H14ClNO2S. The Bertz CT molecular complexity index is 383. The molecular weight excluding hydrogens is 246 g/mol. The highest BCUT2D eigenvalue weighted by Crippen LogP contribution is 2.24. The Morgan fingerprint density at radius 3 is 2.56 bits per heavy atom. The third-order valence-corrected chi connectivity index (χ3v) is 3.71. The SMILES string of the molecule is CC1CN(C(=O)c2ccc(Cl)s2)CC(C)O1. The molecule has 1 aliphatic rings. The molecule has 3 nitrogen and oxygen atoms in total. The van der Waals surface area contributed by atoms with Crippen LogP contribution < -0.4 is 0 Å². The molecule has 0 bridgehead atoms. The number of thiophene rings is 1. The summed E-state index contributed by atoms with van der Waals surface area (Å²) in [5.74, 6) is 0.0545. The number of morpholine rings is 1. The van der Waals surface area contributed by atoms with Crippen molar-refractivity contribution < 1.29 is 9.53 Å². The Labute approximate surface area is 104 Å². The standard InChI is InChI=1S/C11H14ClNO2S/c1-7-5-13(6-8(2)15-7)11(14)9-3-4-10(12)16-9/h3-4,7-8H,5-6H2,1-2H3. The van der Waals surface area contributed by atoms with Crippen LogP contribution in [0.4, 0.5) is 0 Å². The van der Waals surface area contributed by atoms with Gasteiger partial charge in [0.25, 0.3) is 5.91 Å². The highest BCUT2D eigenvalue weighted by Gasteiger charge is 2.27. The number of ether oxygens (including phenoxy) is 1. The first-order valence-corrected chi connectivity index (χ1v) is 6.46. The van der Waals surface area contributed by atoms with Crippen LogP contribution in [-0.4, -0.2) is 36.1 Å². The summed E-state index contributed by atoms with van der Waals surface area (Å²) >= 11 is 7.15. The number of carbonyl (C=O) groups excluding carboxylic acids is 1. The minimum Gasteiger partial charge on any atom is -0.372 e. The fraction of sp³-hybridized carbons (Fsp3) is 0.545. The number of nitrogens with zero attached hydrogens (tertiary/aromatic N) is 1. The monoisotopic (exact) mass is 259 g/mol. The summed E-state index contributed by atoms with van der Waals surface area (Å²) in [5.41, 5.74) is 0. The molecule has 2 heterocycles. The quantitative estimate of drug-likeness (QED) is 0.776. The molecule has 0 aliphatic carbocycles. The van der Waals surface area contributed by atoms with Crippen molar-refractivity contribution in [1.82, 2.24) is 4.90 Å². The third-order valence-electron chi connectivity index (χ3n) is 2.49. The van der Waals surface area contributed by atoms with E-state index in [1.54, 1.807) is 12.1 Å². The first-order valence-electron chi connectivity index (χ1n) is 5.26. The van der Waals surface area contributed by atoms with Crippen LogP contribution >= 0.6 is 22.9 Å². The molecule has 1 fully saturated rings. The predicted octanol–water partition coefficient (Wildman–Crippen LogP) is 2.65.